The van der Waals surface area contributed by atoms with E-state index in [9.17, 15) is 9.18 Å². The van der Waals surface area contributed by atoms with Crippen LogP contribution in [-0.2, 0) is 31.2 Å². The molecule has 0 N–H and O–H groups in total. The maximum Gasteiger partial charge on any atom is 0.227 e. The zero-order valence-corrected chi connectivity index (χ0v) is 12.3. The molecule has 0 bridgehead atoms. The molecule has 1 aliphatic rings. The van der Waals surface area contributed by atoms with Crippen molar-refractivity contribution in [3.63, 3.8) is 0 Å². The Morgan fingerprint density at radius 2 is 2.05 bits per heavy atom. The smallest absolute Gasteiger partial charge is 0.227 e. The summed E-state index contributed by atoms with van der Waals surface area (Å²) in [6.45, 7) is 3.33. The molecule has 0 unspecified atom stereocenters. The molecule has 0 saturated heterocycles. The summed E-state index contributed by atoms with van der Waals surface area (Å²) in [6.07, 6.45) is 1.16. The highest BCUT2D eigenvalue weighted by Crippen LogP contribution is 2.22. The Labute approximate surface area is 123 Å². The van der Waals surface area contributed by atoms with Crippen molar-refractivity contribution in [2.75, 3.05) is 6.54 Å². The third-order valence-corrected chi connectivity index (χ3v) is 4.07. The van der Waals surface area contributed by atoms with Gasteiger partial charge in [0.1, 0.15) is 5.82 Å². The lowest BCUT2D eigenvalue weighted by atomic mass is 10.0. The summed E-state index contributed by atoms with van der Waals surface area (Å²) in [7, 11) is 1.92. The van der Waals surface area contributed by atoms with Crippen LogP contribution >= 0.6 is 0 Å². The van der Waals surface area contributed by atoms with E-state index in [0.717, 1.165) is 29.9 Å². The Morgan fingerprint density at radius 1 is 1.33 bits per heavy atom. The Balaban J connectivity index is 1.72. The zero-order valence-electron chi connectivity index (χ0n) is 12.3. The fraction of sp³-hybridized carbons (Fsp3) is 0.375. The van der Waals surface area contributed by atoms with Gasteiger partial charge in [-0.05, 0) is 36.6 Å². The predicted octanol–water partition coefficient (Wildman–Crippen LogP) is 2.00. The lowest BCUT2D eigenvalue weighted by molar-refractivity contribution is -0.131. The molecule has 2 heterocycles. The van der Waals surface area contributed by atoms with Crippen LogP contribution < -0.4 is 0 Å². The van der Waals surface area contributed by atoms with Crippen LogP contribution in [-0.4, -0.2) is 27.1 Å². The molecule has 1 amide bonds. The highest BCUT2D eigenvalue weighted by atomic mass is 19.1. The van der Waals surface area contributed by atoms with Crippen molar-refractivity contribution in [1.82, 2.24) is 14.7 Å². The van der Waals surface area contributed by atoms with Gasteiger partial charge < -0.3 is 4.90 Å². The number of carbonyl (C=O) groups is 1. The molecule has 1 aromatic carbocycles. The van der Waals surface area contributed by atoms with Crippen molar-refractivity contribution in [2.24, 2.45) is 7.05 Å². The molecule has 0 spiro atoms. The van der Waals surface area contributed by atoms with E-state index in [1.165, 1.54) is 17.7 Å². The average molecular weight is 287 g/mol. The van der Waals surface area contributed by atoms with Crippen LogP contribution in [0.2, 0.25) is 0 Å². The molecule has 1 aliphatic heterocycles. The van der Waals surface area contributed by atoms with Crippen molar-refractivity contribution < 1.29 is 9.18 Å². The van der Waals surface area contributed by atoms with Gasteiger partial charge >= 0.3 is 0 Å². The van der Waals surface area contributed by atoms with E-state index in [1.807, 2.05) is 23.6 Å². The second-order valence-electron chi connectivity index (χ2n) is 5.50. The van der Waals surface area contributed by atoms with Crippen molar-refractivity contribution in [2.45, 2.75) is 26.3 Å². The van der Waals surface area contributed by atoms with E-state index < -0.39 is 0 Å². The van der Waals surface area contributed by atoms with Crippen LogP contribution in [0, 0.1) is 12.7 Å². The summed E-state index contributed by atoms with van der Waals surface area (Å²) in [6, 6.07) is 6.11. The van der Waals surface area contributed by atoms with Gasteiger partial charge in [-0.2, -0.15) is 5.10 Å². The molecule has 0 atom stereocenters. The standard InChI is InChI=1S/C16H18FN3O/c1-11-14-7-8-20(10-15(14)19(2)18-11)16(21)9-12-3-5-13(17)6-4-12/h3-6H,7-10H2,1-2H3. The molecule has 2 aromatic rings. The summed E-state index contributed by atoms with van der Waals surface area (Å²) in [5.74, 6) is -0.203. The van der Waals surface area contributed by atoms with Gasteiger partial charge in [-0.3, -0.25) is 9.48 Å². The molecule has 1 aromatic heterocycles. The first-order valence-electron chi connectivity index (χ1n) is 7.08. The summed E-state index contributed by atoms with van der Waals surface area (Å²) < 4.78 is 14.7. The minimum atomic E-state index is -0.279. The van der Waals surface area contributed by atoms with Gasteiger partial charge in [0, 0.05) is 13.6 Å². The number of benzene rings is 1. The van der Waals surface area contributed by atoms with Gasteiger partial charge in [0.15, 0.2) is 0 Å². The first-order chi connectivity index (χ1) is 10.0. The van der Waals surface area contributed by atoms with Gasteiger partial charge in [0.2, 0.25) is 5.91 Å². The zero-order chi connectivity index (χ0) is 15.0. The number of carbonyl (C=O) groups excluding carboxylic acids is 1. The Hall–Kier alpha value is -2.17. The van der Waals surface area contributed by atoms with Crippen LogP contribution in [0.1, 0.15) is 22.5 Å². The number of fused-ring (bicyclic) bond motifs is 1. The number of rotatable bonds is 2. The van der Waals surface area contributed by atoms with Crippen LogP contribution in [0.3, 0.4) is 0 Å². The van der Waals surface area contributed by atoms with Gasteiger partial charge in [-0.25, -0.2) is 4.39 Å². The number of hydrogen-bond donors (Lipinski definition) is 0. The third-order valence-electron chi connectivity index (χ3n) is 4.07. The molecule has 0 radical (unpaired) electrons. The number of amides is 1. The summed E-state index contributed by atoms with van der Waals surface area (Å²) >= 11 is 0. The monoisotopic (exact) mass is 287 g/mol. The minimum Gasteiger partial charge on any atom is -0.336 e. The van der Waals surface area contributed by atoms with Crippen molar-refractivity contribution in [3.8, 4) is 0 Å². The Bertz CT molecular complexity index is 676. The second kappa shape index (κ2) is 5.31. The van der Waals surface area contributed by atoms with E-state index in [2.05, 4.69) is 5.10 Å². The number of halogens is 1. The number of nitrogens with zero attached hydrogens (tertiary/aromatic N) is 3. The summed E-state index contributed by atoms with van der Waals surface area (Å²) in [5.41, 5.74) is 4.28. The van der Waals surface area contributed by atoms with Crippen molar-refractivity contribution >= 4 is 5.91 Å². The predicted molar refractivity (Wildman–Crippen MR) is 77.2 cm³/mol. The Morgan fingerprint density at radius 3 is 2.76 bits per heavy atom. The average Bonchev–Trinajstić information content (AvgIpc) is 2.76. The van der Waals surface area contributed by atoms with Crippen LogP contribution in [0.15, 0.2) is 24.3 Å². The maximum absolute atomic E-state index is 12.9. The molecule has 0 aliphatic carbocycles. The largest absolute Gasteiger partial charge is 0.336 e. The molecule has 0 fully saturated rings. The topological polar surface area (TPSA) is 38.1 Å². The van der Waals surface area contributed by atoms with E-state index in [-0.39, 0.29) is 11.7 Å². The number of hydrogen-bond acceptors (Lipinski definition) is 2. The van der Waals surface area contributed by atoms with E-state index >= 15 is 0 Å². The second-order valence-corrected chi connectivity index (χ2v) is 5.50. The molecule has 0 saturated carbocycles. The maximum atomic E-state index is 12.9. The first-order valence-corrected chi connectivity index (χ1v) is 7.08. The van der Waals surface area contributed by atoms with Crippen LogP contribution in [0.25, 0.3) is 0 Å². The molecule has 110 valence electrons. The quantitative estimate of drug-likeness (QED) is 0.847. The highest BCUT2D eigenvalue weighted by molar-refractivity contribution is 5.79. The summed E-state index contributed by atoms with van der Waals surface area (Å²) in [5, 5.41) is 4.42. The molecular weight excluding hydrogens is 269 g/mol. The molecule has 3 rings (SSSR count). The van der Waals surface area contributed by atoms with E-state index in [1.54, 1.807) is 12.1 Å². The molecule has 21 heavy (non-hydrogen) atoms. The first kappa shape index (κ1) is 13.8. The Kier molecular flexibility index (Phi) is 3.49. The van der Waals surface area contributed by atoms with Crippen LogP contribution in [0.5, 0.6) is 0 Å². The molecule has 4 nitrogen and oxygen atoms in total. The fourth-order valence-electron chi connectivity index (χ4n) is 2.88. The normalized spacial score (nSPS) is 14.1. The lowest BCUT2D eigenvalue weighted by Crippen LogP contribution is -2.37. The fourth-order valence-corrected chi connectivity index (χ4v) is 2.88. The van der Waals surface area contributed by atoms with E-state index in [4.69, 9.17) is 0 Å². The van der Waals surface area contributed by atoms with Gasteiger partial charge in [-0.1, -0.05) is 12.1 Å². The van der Waals surface area contributed by atoms with E-state index in [0.29, 0.717) is 13.0 Å². The molecule has 5 heteroatoms. The van der Waals surface area contributed by atoms with Gasteiger partial charge in [-0.15, -0.1) is 0 Å². The van der Waals surface area contributed by atoms with Crippen LogP contribution in [0.4, 0.5) is 4.39 Å². The van der Waals surface area contributed by atoms with Crippen molar-refractivity contribution in [1.29, 1.82) is 0 Å². The van der Waals surface area contributed by atoms with Gasteiger partial charge in [0.25, 0.3) is 0 Å². The lowest BCUT2D eigenvalue weighted by Gasteiger charge is -2.27. The van der Waals surface area contributed by atoms with Gasteiger partial charge in [0.05, 0.1) is 24.4 Å². The highest BCUT2D eigenvalue weighted by Gasteiger charge is 2.25. The third kappa shape index (κ3) is 2.68. The summed E-state index contributed by atoms with van der Waals surface area (Å²) in [4.78, 5) is 14.2. The number of aryl methyl sites for hydroxylation is 2. The van der Waals surface area contributed by atoms with Crippen molar-refractivity contribution in [3.05, 3.63) is 52.6 Å². The minimum absolute atomic E-state index is 0.0751. The number of aromatic nitrogens is 2. The SMILES string of the molecule is Cc1nn(C)c2c1CCN(C(=O)Cc1ccc(F)cc1)C2. The molecular formula is C16H18FN3O.